The minimum Gasteiger partial charge on any atom is -0.481 e. The van der Waals surface area contributed by atoms with E-state index in [1.54, 1.807) is 58.0 Å². The van der Waals surface area contributed by atoms with Gasteiger partial charge in [-0.1, -0.05) is 75.7 Å². The van der Waals surface area contributed by atoms with Gasteiger partial charge < -0.3 is 38.2 Å². The summed E-state index contributed by atoms with van der Waals surface area (Å²) in [6.45, 7) is 7.45. The molecule has 0 saturated heterocycles. The zero-order valence-corrected chi connectivity index (χ0v) is 34.5. The van der Waals surface area contributed by atoms with Crippen LogP contribution >= 0.6 is 0 Å². The molecule has 3 rings (SSSR count). The lowest BCUT2D eigenvalue weighted by Gasteiger charge is -2.34. The second-order valence-corrected chi connectivity index (χ2v) is 15.4. The normalized spacial score (nSPS) is 19.2. The maximum absolute atomic E-state index is 14.3. The number of ketones is 1. The Hall–Kier alpha value is -5.16. The van der Waals surface area contributed by atoms with Crippen LogP contribution in [0.3, 0.4) is 0 Å². The summed E-state index contributed by atoms with van der Waals surface area (Å²) in [5.74, 6) is -1.35. The summed E-state index contributed by atoms with van der Waals surface area (Å²) in [5, 5.41) is 14.8. The summed E-state index contributed by atoms with van der Waals surface area (Å²) in [6.07, 6.45) is 12.0. The Bertz CT molecular complexity index is 1800. The Balaban J connectivity index is 1.87. The van der Waals surface area contributed by atoms with Crippen LogP contribution in [0.4, 0.5) is 0 Å². The molecule has 1 aliphatic heterocycles. The number of Topliss-reactive ketones (excluding diaryl/α,β-unsaturated/α-hetero) is 1. The Morgan fingerprint density at radius 1 is 0.914 bits per heavy atom. The molecule has 1 aromatic carbocycles. The van der Waals surface area contributed by atoms with Gasteiger partial charge in [0.05, 0.1) is 12.3 Å². The summed E-state index contributed by atoms with van der Waals surface area (Å²) >= 11 is 0. The predicted octanol–water partition coefficient (Wildman–Crippen LogP) is 6.37. The first kappa shape index (κ1) is 47.2. The second-order valence-electron chi connectivity index (χ2n) is 15.4. The van der Waals surface area contributed by atoms with Gasteiger partial charge in [-0.3, -0.25) is 14.4 Å². The van der Waals surface area contributed by atoms with E-state index in [9.17, 15) is 33.9 Å². The first-order valence-corrected chi connectivity index (χ1v) is 20.1. The molecule has 14 heteroatoms. The van der Waals surface area contributed by atoms with Crippen molar-refractivity contribution in [2.24, 2.45) is 5.92 Å². The van der Waals surface area contributed by atoms with E-state index >= 15 is 0 Å². The zero-order chi connectivity index (χ0) is 42.6. The molecule has 0 unspecified atom stereocenters. The van der Waals surface area contributed by atoms with Crippen molar-refractivity contribution in [2.75, 3.05) is 6.61 Å². The Kier molecular flexibility index (Phi) is 19.5. The fraction of sp³-hybridized carbons (Fsp3) is 0.591. The third kappa shape index (κ3) is 16.4. The van der Waals surface area contributed by atoms with Crippen molar-refractivity contribution in [3.63, 3.8) is 0 Å². The maximum atomic E-state index is 14.3. The van der Waals surface area contributed by atoms with Gasteiger partial charge in [-0.25, -0.2) is 14.4 Å². The standard InChI is InChI=1S/C44H59NO13/c1-6-8-10-13-16-19-32(46)20-17-14-11-12-15-18-21-34-39(48)45-35(27-31-22-24-33(25-23-31)53-26-9-7-2)40(49)55-30-37-36(56-42(51)57-37)29-54-38(47)28-44(34,52)41(50)58-43(3,4)5/h18,21-25,34-35,52H,6,8,10-17,19-20,26-30H2,1-5H3,(H,45,48)/b21-18+/t34-,35+,44+/m1/s1. The minimum absolute atomic E-state index is 0.105. The third-order valence-corrected chi connectivity index (χ3v) is 9.31. The molecule has 3 atom stereocenters. The van der Waals surface area contributed by atoms with E-state index in [0.717, 1.165) is 44.9 Å². The lowest BCUT2D eigenvalue weighted by molar-refractivity contribution is -0.188. The van der Waals surface area contributed by atoms with Crippen molar-refractivity contribution in [1.82, 2.24) is 5.32 Å². The second kappa shape index (κ2) is 23.9. The number of hydrogen-bond acceptors (Lipinski definition) is 13. The average molecular weight is 810 g/mol. The number of ether oxygens (including phenoxy) is 4. The molecule has 0 saturated carbocycles. The number of fused-ring (bicyclic) bond motifs is 1. The molecule has 0 aliphatic carbocycles. The average Bonchev–Trinajstić information content (AvgIpc) is 3.53. The number of carbonyl (C=O) groups excluding carboxylic acids is 5. The van der Waals surface area contributed by atoms with E-state index in [1.165, 1.54) is 12.5 Å². The number of amides is 1. The Morgan fingerprint density at radius 2 is 1.53 bits per heavy atom. The van der Waals surface area contributed by atoms with Crippen LogP contribution < -0.4 is 15.9 Å². The molecule has 1 aliphatic rings. The molecular formula is C44H59NO13. The Morgan fingerprint density at radius 3 is 2.16 bits per heavy atom. The van der Waals surface area contributed by atoms with E-state index in [1.807, 2.05) is 0 Å². The summed E-state index contributed by atoms with van der Waals surface area (Å²) in [6, 6.07) is 5.31. The molecule has 1 aromatic heterocycles. The van der Waals surface area contributed by atoms with Crippen LogP contribution in [0.15, 0.2) is 50.0 Å². The van der Waals surface area contributed by atoms with Crippen molar-refractivity contribution < 1.29 is 56.9 Å². The molecule has 0 bridgehead atoms. The van der Waals surface area contributed by atoms with Crippen molar-refractivity contribution >= 4 is 29.6 Å². The minimum atomic E-state index is -2.82. The van der Waals surface area contributed by atoms with Crippen LogP contribution in [0.5, 0.6) is 5.75 Å². The van der Waals surface area contributed by atoms with Gasteiger partial charge in [-0.15, -0.1) is 5.92 Å². The highest BCUT2D eigenvalue weighted by Gasteiger charge is 2.51. The summed E-state index contributed by atoms with van der Waals surface area (Å²) in [7, 11) is 0. The van der Waals surface area contributed by atoms with Crippen LogP contribution in [-0.2, 0) is 57.8 Å². The largest absolute Gasteiger partial charge is 0.519 e. The lowest BCUT2D eigenvalue weighted by Crippen LogP contribution is -2.57. The molecular weight excluding hydrogens is 750 g/mol. The van der Waals surface area contributed by atoms with Gasteiger partial charge in [-0.05, 0) is 71.1 Å². The molecule has 1 amide bonds. The van der Waals surface area contributed by atoms with E-state index in [4.69, 9.17) is 27.8 Å². The SMILES string of the molecule is CC#CCOc1ccc(C[C@@H]2NC(=O)[C@@H](/C=C/CCCCCCC(=O)CCCCCCC)[C@](O)(C(=O)OC(C)(C)C)CC(=O)OCc3oc(=O)oc3COC2=O)cc1. The van der Waals surface area contributed by atoms with E-state index in [-0.39, 0.29) is 30.3 Å². The number of benzene rings is 1. The fourth-order valence-electron chi connectivity index (χ4n) is 6.17. The zero-order valence-electron chi connectivity index (χ0n) is 34.5. The number of hydrogen-bond donors (Lipinski definition) is 2. The van der Waals surface area contributed by atoms with E-state index in [2.05, 4.69) is 24.1 Å². The third-order valence-electron chi connectivity index (χ3n) is 9.31. The van der Waals surface area contributed by atoms with Crippen LogP contribution in [-0.4, -0.2) is 58.6 Å². The lowest BCUT2D eigenvalue weighted by atomic mass is 9.82. The van der Waals surface area contributed by atoms with Crippen molar-refractivity contribution in [3.8, 4) is 17.6 Å². The van der Waals surface area contributed by atoms with Gasteiger partial charge in [0.2, 0.25) is 5.91 Å². The van der Waals surface area contributed by atoms with Crippen molar-refractivity contribution in [1.29, 1.82) is 0 Å². The highest BCUT2D eigenvalue weighted by molar-refractivity contribution is 5.96. The number of aliphatic hydroxyl groups is 1. The molecule has 0 fully saturated rings. The number of nitrogens with one attached hydrogen (secondary N) is 1. The van der Waals surface area contributed by atoms with Crippen molar-refractivity contribution in [2.45, 2.75) is 155 Å². The number of carbonyl (C=O) groups is 5. The van der Waals surface area contributed by atoms with Gasteiger partial charge in [0, 0.05) is 19.3 Å². The van der Waals surface area contributed by atoms with E-state index < -0.39 is 72.4 Å². The topological polar surface area (TPSA) is 198 Å². The van der Waals surface area contributed by atoms with Crippen LogP contribution in [0.2, 0.25) is 0 Å². The molecule has 2 heterocycles. The summed E-state index contributed by atoms with van der Waals surface area (Å²) < 4.78 is 31.8. The van der Waals surface area contributed by atoms with Gasteiger partial charge in [0.15, 0.2) is 30.3 Å². The van der Waals surface area contributed by atoms with E-state index in [0.29, 0.717) is 37.0 Å². The number of allylic oxidation sites excluding steroid dienone is 1. The van der Waals surface area contributed by atoms with Crippen LogP contribution in [0.1, 0.15) is 135 Å². The molecule has 2 N–H and O–H groups in total. The van der Waals surface area contributed by atoms with Gasteiger partial charge in [0.25, 0.3) is 0 Å². The monoisotopic (exact) mass is 809 g/mol. The first-order valence-electron chi connectivity index (χ1n) is 20.1. The van der Waals surface area contributed by atoms with Gasteiger partial charge in [0.1, 0.15) is 29.8 Å². The molecule has 14 nitrogen and oxygen atoms in total. The fourth-order valence-corrected chi connectivity index (χ4v) is 6.17. The van der Waals surface area contributed by atoms with Crippen LogP contribution in [0, 0.1) is 17.8 Å². The predicted molar refractivity (Wildman–Crippen MR) is 212 cm³/mol. The maximum Gasteiger partial charge on any atom is 0.519 e. The van der Waals surface area contributed by atoms with Gasteiger partial charge >= 0.3 is 23.7 Å². The first-order chi connectivity index (χ1) is 27.6. The molecule has 0 spiro atoms. The highest BCUT2D eigenvalue weighted by atomic mass is 16.6. The molecule has 318 valence electrons. The quantitative estimate of drug-likeness (QED) is 0.0523. The summed E-state index contributed by atoms with van der Waals surface area (Å²) in [4.78, 5) is 79.3. The van der Waals surface area contributed by atoms with Crippen LogP contribution in [0.25, 0.3) is 0 Å². The smallest absolute Gasteiger partial charge is 0.481 e. The molecule has 58 heavy (non-hydrogen) atoms. The summed E-state index contributed by atoms with van der Waals surface area (Å²) in [5.41, 5.74) is -3.38. The number of unbranched alkanes of at least 4 members (excludes halogenated alkanes) is 8. The highest BCUT2D eigenvalue weighted by Crippen LogP contribution is 2.30. The number of cyclic esters (lactones) is 2. The number of esters is 3. The number of rotatable bonds is 19. The molecule has 2 aromatic rings. The Labute approximate surface area is 340 Å². The molecule has 0 radical (unpaired) electrons. The van der Waals surface area contributed by atoms with Crippen molar-refractivity contribution in [3.05, 3.63) is 64.1 Å². The van der Waals surface area contributed by atoms with Gasteiger partial charge in [-0.2, -0.15) is 0 Å².